The maximum atomic E-state index is 5.35. The van der Waals surface area contributed by atoms with Gasteiger partial charge in [-0.3, -0.25) is 0 Å². The van der Waals surface area contributed by atoms with Gasteiger partial charge in [0.15, 0.2) is 5.96 Å². The SMILES string of the molecule is CCNC(=NCc1nccn1Cc1ccccc1)NCCc1ccco1.I. The molecule has 0 atom stereocenters. The van der Waals surface area contributed by atoms with Crippen molar-refractivity contribution >= 4 is 29.9 Å². The summed E-state index contributed by atoms with van der Waals surface area (Å²) in [6.45, 7) is 4.95. The maximum Gasteiger partial charge on any atom is 0.191 e. The molecule has 0 amide bonds. The third kappa shape index (κ3) is 6.74. The van der Waals surface area contributed by atoms with E-state index in [1.54, 1.807) is 6.26 Å². The molecule has 0 fully saturated rings. The van der Waals surface area contributed by atoms with Crippen LogP contribution >= 0.6 is 24.0 Å². The predicted molar refractivity (Wildman–Crippen MR) is 118 cm³/mol. The van der Waals surface area contributed by atoms with Gasteiger partial charge in [0.25, 0.3) is 0 Å². The molecule has 6 nitrogen and oxygen atoms in total. The lowest BCUT2D eigenvalue weighted by Crippen LogP contribution is -2.38. The van der Waals surface area contributed by atoms with E-state index in [4.69, 9.17) is 4.42 Å². The minimum absolute atomic E-state index is 0. The Balaban J connectivity index is 0.00000261. The van der Waals surface area contributed by atoms with Crippen LogP contribution in [0.4, 0.5) is 0 Å². The second-order valence-electron chi connectivity index (χ2n) is 5.91. The molecule has 0 unspecified atom stereocenters. The fourth-order valence-corrected chi connectivity index (χ4v) is 2.67. The first-order valence-electron chi connectivity index (χ1n) is 8.93. The molecule has 0 saturated heterocycles. The van der Waals surface area contributed by atoms with E-state index in [2.05, 4.69) is 56.4 Å². The Bertz CT molecular complexity index is 799. The Kier molecular flexibility index (Phi) is 8.90. The Morgan fingerprint density at radius 1 is 1.15 bits per heavy atom. The van der Waals surface area contributed by atoms with Crippen molar-refractivity contribution in [2.45, 2.75) is 26.4 Å². The van der Waals surface area contributed by atoms with Gasteiger partial charge < -0.3 is 19.6 Å². The second kappa shape index (κ2) is 11.4. The number of aromatic nitrogens is 2. The van der Waals surface area contributed by atoms with E-state index in [1.165, 1.54) is 5.56 Å². The zero-order valence-electron chi connectivity index (χ0n) is 15.5. The van der Waals surface area contributed by atoms with Crippen molar-refractivity contribution in [1.29, 1.82) is 0 Å². The highest BCUT2D eigenvalue weighted by molar-refractivity contribution is 14.0. The van der Waals surface area contributed by atoms with Gasteiger partial charge in [-0.2, -0.15) is 0 Å². The number of aliphatic imine (C=N–C) groups is 1. The molecule has 27 heavy (non-hydrogen) atoms. The Hall–Kier alpha value is -2.29. The van der Waals surface area contributed by atoms with Crippen LogP contribution in [0.15, 0.2) is 70.5 Å². The molecule has 0 bridgehead atoms. The van der Waals surface area contributed by atoms with E-state index in [0.29, 0.717) is 6.54 Å². The van der Waals surface area contributed by atoms with Gasteiger partial charge in [-0.15, -0.1) is 24.0 Å². The Morgan fingerprint density at radius 2 is 2.00 bits per heavy atom. The Morgan fingerprint density at radius 3 is 2.74 bits per heavy atom. The van der Waals surface area contributed by atoms with E-state index in [-0.39, 0.29) is 24.0 Å². The molecule has 7 heteroatoms. The second-order valence-corrected chi connectivity index (χ2v) is 5.91. The number of nitrogens with zero attached hydrogens (tertiary/aromatic N) is 3. The number of furan rings is 1. The maximum absolute atomic E-state index is 5.35. The van der Waals surface area contributed by atoms with Gasteiger partial charge in [-0.1, -0.05) is 30.3 Å². The molecule has 0 aliphatic carbocycles. The first-order valence-corrected chi connectivity index (χ1v) is 8.93. The smallest absolute Gasteiger partial charge is 0.191 e. The number of nitrogens with one attached hydrogen (secondary N) is 2. The van der Waals surface area contributed by atoms with Crippen molar-refractivity contribution in [2.75, 3.05) is 13.1 Å². The van der Waals surface area contributed by atoms with Crippen molar-refractivity contribution in [3.63, 3.8) is 0 Å². The number of guanidine groups is 1. The van der Waals surface area contributed by atoms with Crippen LogP contribution in [0.25, 0.3) is 0 Å². The molecular formula is C20H26IN5O. The highest BCUT2D eigenvalue weighted by Crippen LogP contribution is 2.06. The Labute approximate surface area is 177 Å². The zero-order chi connectivity index (χ0) is 18.0. The molecule has 0 aliphatic rings. The van der Waals surface area contributed by atoms with Gasteiger partial charge >= 0.3 is 0 Å². The van der Waals surface area contributed by atoms with E-state index in [9.17, 15) is 0 Å². The predicted octanol–water partition coefficient (Wildman–Crippen LogP) is 3.44. The van der Waals surface area contributed by atoms with Crippen LogP contribution in [-0.4, -0.2) is 28.6 Å². The van der Waals surface area contributed by atoms with Crippen LogP contribution in [0.3, 0.4) is 0 Å². The normalized spacial score (nSPS) is 11.1. The number of hydrogen-bond acceptors (Lipinski definition) is 3. The molecule has 0 radical (unpaired) electrons. The first-order chi connectivity index (χ1) is 12.8. The molecule has 0 spiro atoms. The first kappa shape index (κ1) is 21.0. The van der Waals surface area contributed by atoms with Gasteiger partial charge in [0.1, 0.15) is 18.1 Å². The molecule has 0 saturated carbocycles. The molecule has 144 valence electrons. The van der Waals surface area contributed by atoms with Crippen LogP contribution < -0.4 is 10.6 Å². The van der Waals surface area contributed by atoms with Gasteiger partial charge in [0.2, 0.25) is 0 Å². The quantitative estimate of drug-likeness (QED) is 0.295. The van der Waals surface area contributed by atoms with Crippen LogP contribution in [0.1, 0.15) is 24.1 Å². The minimum Gasteiger partial charge on any atom is -0.469 e. The van der Waals surface area contributed by atoms with E-state index in [1.807, 2.05) is 30.6 Å². The molecule has 2 heterocycles. The molecule has 2 N–H and O–H groups in total. The van der Waals surface area contributed by atoms with Gasteiger partial charge in [0.05, 0.1) is 6.26 Å². The third-order valence-corrected chi connectivity index (χ3v) is 3.96. The summed E-state index contributed by atoms with van der Waals surface area (Å²) in [5, 5.41) is 6.60. The van der Waals surface area contributed by atoms with Crippen molar-refractivity contribution in [3.05, 3.63) is 78.3 Å². The fourth-order valence-electron chi connectivity index (χ4n) is 2.67. The van der Waals surface area contributed by atoms with Crippen LogP contribution in [-0.2, 0) is 19.5 Å². The number of benzene rings is 1. The van der Waals surface area contributed by atoms with Gasteiger partial charge in [0, 0.05) is 38.4 Å². The topological polar surface area (TPSA) is 67.4 Å². The highest BCUT2D eigenvalue weighted by Gasteiger charge is 2.04. The molecule has 2 aromatic heterocycles. The molecule has 3 rings (SSSR count). The lowest BCUT2D eigenvalue weighted by atomic mass is 10.2. The summed E-state index contributed by atoms with van der Waals surface area (Å²) in [4.78, 5) is 9.11. The van der Waals surface area contributed by atoms with E-state index >= 15 is 0 Å². The number of hydrogen-bond donors (Lipinski definition) is 2. The molecule has 1 aromatic carbocycles. The van der Waals surface area contributed by atoms with Gasteiger partial charge in [-0.25, -0.2) is 9.98 Å². The lowest BCUT2D eigenvalue weighted by Gasteiger charge is -2.11. The summed E-state index contributed by atoms with van der Waals surface area (Å²) in [5.74, 6) is 2.69. The largest absolute Gasteiger partial charge is 0.469 e. The molecule has 0 aliphatic heterocycles. The van der Waals surface area contributed by atoms with Crippen molar-refractivity contribution < 1.29 is 4.42 Å². The number of halogens is 1. The summed E-state index contributed by atoms with van der Waals surface area (Å²) in [6.07, 6.45) is 6.33. The zero-order valence-corrected chi connectivity index (χ0v) is 17.8. The van der Waals surface area contributed by atoms with Crippen molar-refractivity contribution in [3.8, 4) is 0 Å². The average molecular weight is 479 g/mol. The number of rotatable bonds is 8. The third-order valence-electron chi connectivity index (χ3n) is 3.96. The standard InChI is InChI=1S/C20H25N5O.HI/c1-2-21-20(23-11-10-18-9-6-14-26-18)24-15-19-22-12-13-25(19)16-17-7-4-3-5-8-17;/h3-9,12-14H,2,10-11,15-16H2,1H3,(H2,21,23,24);1H. The summed E-state index contributed by atoms with van der Waals surface area (Å²) in [6, 6.07) is 14.3. The van der Waals surface area contributed by atoms with E-state index < -0.39 is 0 Å². The minimum atomic E-state index is 0. The van der Waals surface area contributed by atoms with Crippen molar-refractivity contribution in [2.24, 2.45) is 4.99 Å². The van der Waals surface area contributed by atoms with Gasteiger partial charge in [-0.05, 0) is 24.6 Å². The summed E-state index contributed by atoms with van der Waals surface area (Å²) < 4.78 is 7.48. The van der Waals surface area contributed by atoms with E-state index in [0.717, 1.165) is 43.6 Å². The highest BCUT2D eigenvalue weighted by atomic mass is 127. The average Bonchev–Trinajstić information content (AvgIpc) is 3.33. The van der Waals surface area contributed by atoms with Crippen LogP contribution in [0, 0.1) is 0 Å². The summed E-state index contributed by atoms with van der Waals surface area (Å²) in [5.41, 5.74) is 1.25. The monoisotopic (exact) mass is 479 g/mol. The molecule has 3 aromatic rings. The molecular weight excluding hydrogens is 453 g/mol. The fraction of sp³-hybridized carbons (Fsp3) is 0.300. The summed E-state index contributed by atoms with van der Waals surface area (Å²) >= 11 is 0. The number of imidazole rings is 1. The lowest BCUT2D eigenvalue weighted by molar-refractivity contribution is 0.507. The van der Waals surface area contributed by atoms with Crippen molar-refractivity contribution in [1.82, 2.24) is 20.2 Å². The summed E-state index contributed by atoms with van der Waals surface area (Å²) in [7, 11) is 0. The van der Waals surface area contributed by atoms with Crippen LogP contribution in [0.2, 0.25) is 0 Å². The van der Waals surface area contributed by atoms with Crippen LogP contribution in [0.5, 0.6) is 0 Å².